The van der Waals surface area contributed by atoms with Gasteiger partial charge in [0, 0.05) is 27.1 Å². The van der Waals surface area contributed by atoms with Crippen molar-refractivity contribution >= 4 is 28.2 Å². The summed E-state index contributed by atoms with van der Waals surface area (Å²) in [5, 5.41) is -0.166. The lowest BCUT2D eigenvalue weighted by atomic mass is 9.96. The second kappa shape index (κ2) is 12.7. The van der Waals surface area contributed by atoms with Crippen molar-refractivity contribution in [3.05, 3.63) is 24.3 Å². The molecule has 2 rings (SSSR count). The molecule has 2 heterocycles. The van der Waals surface area contributed by atoms with Crippen molar-refractivity contribution in [1.29, 1.82) is 0 Å². The number of carbonyl (C=O) groups excluding carboxylic acids is 2. The van der Waals surface area contributed by atoms with E-state index in [0.29, 0.717) is 0 Å². The van der Waals surface area contributed by atoms with E-state index in [1.165, 1.54) is 12.2 Å². The second-order valence-electron chi connectivity index (χ2n) is 13.3. The van der Waals surface area contributed by atoms with E-state index >= 15 is 0 Å². The molecule has 6 atom stereocenters. The van der Waals surface area contributed by atoms with Crippen LogP contribution in [0.1, 0.15) is 54.4 Å². The van der Waals surface area contributed by atoms with Crippen molar-refractivity contribution < 1.29 is 37.4 Å². The minimum absolute atomic E-state index is 0.0831. The molecule has 0 saturated heterocycles. The van der Waals surface area contributed by atoms with Gasteiger partial charge in [0.25, 0.3) is 0 Å². The first-order valence-corrected chi connectivity index (χ1v) is 19.3. The normalized spacial score (nSPS) is 27.1. The number of ether oxygens (including phenoxy) is 4. The highest BCUT2D eigenvalue weighted by Crippen LogP contribution is 2.42. The van der Waals surface area contributed by atoms with Gasteiger partial charge in [0.1, 0.15) is 12.2 Å². The standard InChI is InChI=1S/C28H50O8Si2/c1-27(2,3)37(9,10)35-23(17-21-19(29)13-15-25(31-7)33-21)24(36-38(11,12)28(4,5)6)18-22-20(30)14-16-26(32-8)34-22/h13-16,21-26H,17-18H2,1-12H3/t21-,22-,23+,24+,25+,26+/m0/s1. The molecular formula is C28H50O8Si2. The van der Waals surface area contributed by atoms with Gasteiger partial charge in [-0.2, -0.15) is 0 Å². The van der Waals surface area contributed by atoms with Crippen molar-refractivity contribution in [1.82, 2.24) is 0 Å². The maximum atomic E-state index is 12.9. The first-order valence-electron chi connectivity index (χ1n) is 13.5. The van der Waals surface area contributed by atoms with Crippen molar-refractivity contribution in [2.45, 2.75) is 128 Å². The van der Waals surface area contributed by atoms with E-state index in [4.69, 9.17) is 27.8 Å². The van der Waals surface area contributed by atoms with Crippen molar-refractivity contribution in [3.8, 4) is 0 Å². The van der Waals surface area contributed by atoms with Crippen molar-refractivity contribution in [2.24, 2.45) is 0 Å². The number of carbonyl (C=O) groups is 2. The fourth-order valence-electron chi connectivity index (χ4n) is 3.81. The van der Waals surface area contributed by atoms with Crippen LogP contribution >= 0.6 is 0 Å². The molecule has 0 radical (unpaired) electrons. The summed E-state index contributed by atoms with van der Waals surface area (Å²) in [6.45, 7) is 21.8. The topological polar surface area (TPSA) is 89.5 Å². The number of methoxy groups -OCH3 is 2. The molecule has 0 aromatic carbocycles. The van der Waals surface area contributed by atoms with Crippen LogP contribution in [0.5, 0.6) is 0 Å². The first kappa shape index (κ1) is 33.2. The average molecular weight is 571 g/mol. The Morgan fingerprint density at radius 2 is 1.03 bits per heavy atom. The summed E-state index contributed by atoms with van der Waals surface area (Å²) < 4.78 is 36.6. The lowest BCUT2D eigenvalue weighted by Gasteiger charge is -2.46. The summed E-state index contributed by atoms with van der Waals surface area (Å²) >= 11 is 0. The highest BCUT2D eigenvalue weighted by Gasteiger charge is 2.47. The summed E-state index contributed by atoms with van der Waals surface area (Å²) in [6.07, 6.45) is 3.06. The minimum Gasteiger partial charge on any atom is -0.411 e. The van der Waals surface area contributed by atoms with Gasteiger partial charge in [-0.25, -0.2) is 0 Å². The lowest BCUT2D eigenvalue weighted by Crippen LogP contribution is -2.54. The van der Waals surface area contributed by atoms with E-state index in [-0.39, 0.29) is 34.5 Å². The summed E-state index contributed by atoms with van der Waals surface area (Å²) in [5.41, 5.74) is 0. The zero-order valence-electron chi connectivity index (χ0n) is 25.5. The summed E-state index contributed by atoms with van der Waals surface area (Å²) in [7, 11) is -1.58. The molecule has 2 aliphatic heterocycles. The number of ketones is 2. The van der Waals surface area contributed by atoms with Gasteiger partial charge >= 0.3 is 0 Å². The third kappa shape index (κ3) is 8.51. The molecule has 0 amide bonds. The van der Waals surface area contributed by atoms with Gasteiger partial charge in [-0.15, -0.1) is 0 Å². The number of hydrogen-bond acceptors (Lipinski definition) is 8. The van der Waals surface area contributed by atoms with Gasteiger partial charge in [-0.05, 0) is 60.6 Å². The Kier molecular flexibility index (Phi) is 11.1. The smallest absolute Gasteiger partial charge is 0.192 e. The molecular weight excluding hydrogens is 520 g/mol. The zero-order valence-corrected chi connectivity index (χ0v) is 27.5. The molecule has 2 aliphatic rings. The quantitative estimate of drug-likeness (QED) is 0.299. The van der Waals surface area contributed by atoms with Crippen LogP contribution in [-0.2, 0) is 37.4 Å². The molecule has 0 fully saturated rings. The molecule has 218 valence electrons. The number of hydrogen-bond donors (Lipinski definition) is 0. The van der Waals surface area contributed by atoms with Gasteiger partial charge in [0.2, 0.25) is 0 Å². The maximum absolute atomic E-state index is 12.9. The molecule has 0 aromatic rings. The fourth-order valence-corrected chi connectivity index (χ4v) is 6.52. The first-order chi connectivity index (χ1) is 17.3. The molecule has 8 nitrogen and oxygen atoms in total. The van der Waals surface area contributed by atoms with Gasteiger partial charge in [-0.3, -0.25) is 9.59 Å². The van der Waals surface area contributed by atoms with Crippen LogP contribution in [0.2, 0.25) is 36.3 Å². The maximum Gasteiger partial charge on any atom is 0.192 e. The highest BCUT2D eigenvalue weighted by molar-refractivity contribution is 6.74. The van der Waals surface area contributed by atoms with E-state index < -0.39 is 53.6 Å². The molecule has 38 heavy (non-hydrogen) atoms. The van der Waals surface area contributed by atoms with E-state index in [0.717, 1.165) is 0 Å². The van der Waals surface area contributed by atoms with E-state index in [1.54, 1.807) is 26.4 Å². The zero-order chi connectivity index (χ0) is 29.1. The van der Waals surface area contributed by atoms with Crippen LogP contribution in [0, 0.1) is 0 Å². The number of rotatable bonds is 11. The Labute approximate surface area is 231 Å². The van der Waals surface area contributed by atoms with Gasteiger partial charge < -0.3 is 27.8 Å². The predicted octanol–water partition coefficient (Wildman–Crippen LogP) is 5.54. The van der Waals surface area contributed by atoms with Crippen LogP contribution in [0.3, 0.4) is 0 Å². The van der Waals surface area contributed by atoms with E-state index in [2.05, 4.69) is 67.7 Å². The molecule has 0 aliphatic carbocycles. The van der Waals surface area contributed by atoms with E-state index in [1.807, 2.05) is 0 Å². The molecule has 0 spiro atoms. The minimum atomic E-state index is -2.33. The predicted molar refractivity (Wildman–Crippen MR) is 153 cm³/mol. The highest BCUT2D eigenvalue weighted by atomic mass is 28.4. The van der Waals surface area contributed by atoms with E-state index in [9.17, 15) is 9.59 Å². The third-order valence-electron chi connectivity index (χ3n) is 8.34. The lowest BCUT2D eigenvalue weighted by molar-refractivity contribution is -0.167. The van der Waals surface area contributed by atoms with Crippen molar-refractivity contribution in [3.63, 3.8) is 0 Å². The largest absolute Gasteiger partial charge is 0.411 e. The Hall–Kier alpha value is -0.986. The summed E-state index contributed by atoms with van der Waals surface area (Å²) in [6, 6.07) is 0. The molecule has 0 bridgehead atoms. The monoisotopic (exact) mass is 570 g/mol. The molecule has 0 N–H and O–H groups in total. The van der Waals surface area contributed by atoms with Crippen LogP contribution < -0.4 is 0 Å². The Morgan fingerprint density at radius 3 is 1.29 bits per heavy atom. The van der Waals surface area contributed by atoms with Gasteiger partial charge in [-0.1, -0.05) is 41.5 Å². The Balaban J connectivity index is 2.52. The van der Waals surface area contributed by atoms with Crippen LogP contribution in [0.15, 0.2) is 24.3 Å². The fraction of sp³-hybridized carbons (Fsp3) is 0.786. The summed E-state index contributed by atoms with van der Waals surface area (Å²) in [4.78, 5) is 25.8. The third-order valence-corrected chi connectivity index (χ3v) is 17.4. The second-order valence-corrected chi connectivity index (χ2v) is 22.8. The Morgan fingerprint density at radius 1 is 0.711 bits per heavy atom. The average Bonchev–Trinajstić information content (AvgIpc) is 2.79. The van der Waals surface area contributed by atoms with Crippen LogP contribution in [0.25, 0.3) is 0 Å². The van der Waals surface area contributed by atoms with Gasteiger partial charge in [0.15, 0.2) is 40.8 Å². The Bertz CT molecular complexity index is 812. The van der Waals surface area contributed by atoms with Crippen LogP contribution in [0.4, 0.5) is 0 Å². The van der Waals surface area contributed by atoms with Gasteiger partial charge in [0.05, 0.1) is 12.2 Å². The molecule has 10 heteroatoms. The van der Waals surface area contributed by atoms with Crippen LogP contribution in [-0.4, -0.2) is 79.4 Å². The molecule has 0 aromatic heterocycles. The SMILES string of the molecule is CO[C@H]1C=CC(=O)[C@H](C[C@@H](O[Si](C)(C)C(C)(C)C)[C@@H](C[C@@H]2O[C@@H](OC)C=CC2=O)O[Si](C)(C)C(C)(C)C)O1. The summed E-state index contributed by atoms with van der Waals surface area (Å²) in [5.74, 6) is -0.277. The molecule has 0 saturated carbocycles. The molecule has 0 unspecified atom stereocenters. The van der Waals surface area contributed by atoms with Crippen molar-refractivity contribution in [2.75, 3.05) is 14.2 Å².